The first kappa shape index (κ1) is 14.8. The molecule has 0 heterocycles. The molecule has 0 saturated heterocycles. The van der Waals surface area contributed by atoms with Crippen LogP contribution in [0.25, 0.3) is 0 Å². The molecule has 108 valence electrons. The lowest BCUT2D eigenvalue weighted by Gasteiger charge is -2.26. The Hall–Kier alpha value is -1.62. The lowest BCUT2D eigenvalue weighted by atomic mass is 9.85. The van der Waals surface area contributed by atoms with Crippen LogP contribution in [0.5, 0.6) is 5.75 Å². The minimum atomic E-state index is -0.677. The number of ether oxygens (including phenoxy) is 1. The van der Waals surface area contributed by atoms with E-state index >= 15 is 0 Å². The normalized spacial score (nSPS) is 16.7. The third-order valence-electron chi connectivity index (χ3n) is 4.02. The smallest absolute Gasteiger partial charge is 0.237 e. The van der Waals surface area contributed by atoms with Crippen LogP contribution in [0.4, 0.5) is 5.69 Å². The van der Waals surface area contributed by atoms with Crippen LogP contribution in [0.1, 0.15) is 31.2 Å². The quantitative estimate of drug-likeness (QED) is 0.838. The van der Waals surface area contributed by atoms with E-state index in [9.17, 15) is 4.79 Å². The number of benzene rings is 1. The molecule has 2 rings (SSSR count). The number of thiocarbonyl (C=S) groups is 1. The van der Waals surface area contributed by atoms with E-state index in [-0.39, 0.29) is 5.91 Å². The number of aryl methyl sites for hydroxylation is 1. The standard InChI is InChI=1S/C15H20N2O2S/c1-10-9-11(5-6-12(10)19-2)17-14(18)15(13(16)20)7-3-4-8-15/h5-6,9H,3-4,7-8H2,1-2H3,(H2,16,20)(H,17,18). The Bertz CT molecular complexity index is 537. The van der Waals surface area contributed by atoms with Gasteiger partial charge < -0.3 is 15.8 Å². The summed E-state index contributed by atoms with van der Waals surface area (Å²) in [6.07, 6.45) is 3.46. The summed E-state index contributed by atoms with van der Waals surface area (Å²) in [6.45, 7) is 1.94. The van der Waals surface area contributed by atoms with Crippen molar-refractivity contribution in [1.82, 2.24) is 0 Å². The molecule has 20 heavy (non-hydrogen) atoms. The molecular formula is C15H20N2O2S. The van der Waals surface area contributed by atoms with Crippen LogP contribution in [0.2, 0.25) is 0 Å². The fraction of sp³-hybridized carbons (Fsp3) is 0.467. The maximum atomic E-state index is 12.5. The highest BCUT2D eigenvalue weighted by atomic mass is 32.1. The third kappa shape index (κ3) is 2.63. The molecule has 1 amide bonds. The maximum Gasteiger partial charge on any atom is 0.237 e. The van der Waals surface area contributed by atoms with E-state index in [2.05, 4.69) is 5.32 Å². The van der Waals surface area contributed by atoms with Crippen molar-refractivity contribution in [3.63, 3.8) is 0 Å². The van der Waals surface area contributed by atoms with Gasteiger partial charge in [-0.15, -0.1) is 0 Å². The first-order valence-corrected chi connectivity index (χ1v) is 7.16. The van der Waals surface area contributed by atoms with Gasteiger partial charge in [0.15, 0.2) is 0 Å². The fourth-order valence-corrected chi connectivity index (χ4v) is 3.07. The van der Waals surface area contributed by atoms with Crippen molar-refractivity contribution in [1.29, 1.82) is 0 Å². The van der Waals surface area contributed by atoms with Crippen molar-refractivity contribution in [2.24, 2.45) is 11.1 Å². The highest BCUT2D eigenvalue weighted by Gasteiger charge is 2.43. The number of nitrogens with one attached hydrogen (secondary N) is 1. The topological polar surface area (TPSA) is 64.3 Å². The number of rotatable bonds is 4. The van der Waals surface area contributed by atoms with Gasteiger partial charge in [0.2, 0.25) is 5.91 Å². The predicted molar refractivity (Wildman–Crippen MR) is 84.0 cm³/mol. The molecule has 0 radical (unpaired) electrons. The van der Waals surface area contributed by atoms with E-state index in [0.29, 0.717) is 4.99 Å². The summed E-state index contributed by atoms with van der Waals surface area (Å²) < 4.78 is 5.21. The van der Waals surface area contributed by atoms with E-state index in [0.717, 1.165) is 42.7 Å². The van der Waals surface area contributed by atoms with Crippen LogP contribution in [0, 0.1) is 12.3 Å². The molecule has 0 atom stereocenters. The SMILES string of the molecule is COc1ccc(NC(=O)C2(C(N)=S)CCCC2)cc1C. The van der Waals surface area contributed by atoms with Crippen LogP contribution >= 0.6 is 12.2 Å². The van der Waals surface area contributed by atoms with E-state index in [1.54, 1.807) is 7.11 Å². The van der Waals surface area contributed by atoms with E-state index in [1.165, 1.54) is 0 Å². The van der Waals surface area contributed by atoms with E-state index < -0.39 is 5.41 Å². The lowest BCUT2D eigenvalue weighted by Crippen LogP contribution is -2.43. The second-order valence-corrected chi connectivity index (χ2v) is 5.73. The molecule has 0 spiro atoms. The van der Waals surface area contributed by atoms with Gasteiger partial charge in [-0.2, -0.15) is 0 Å². The van der Waals surface area contributed by atoms with Gasteiger partial charge in [-0.05, 0) is 43.5 Å². The minimum absolute atomic E-state index is 0.0907. The van der Waals surface area contributed by atoms with Crippen molar-refractivity contribution >= 4 is 28.8 Å². The number of hydrogen-bond acceptors (Lipinski definition) is 3. The lowest BCUT2D eigenvalue weighted by molar-refractivity contribution is -0.122. The molecule has 1 aliphatic rings. The van der Waals surface area contributed by atoms with Gasteiger partial charge in [0.05, 0.1) is 17.5 Å². The predicted octanol–water partition coefficient (Wildman–Crippen LogP) is 2.79. The summed E-state index contributed by atoms with van der Waals surface area (Å²) in [5.41, 5.74) is 6.86. The third-order valence-corrected chi connectivity index (χ3v) is 4.41. The van der Waals surface area contributed by atoms with Crippen molar-refractivity contribution in [3.05, 3.63) is 23.8 Å². The Balaban J connectivity index is 2.19. The number of anilines is 1. The van der Waals surface area contributed by atoms with Gasteiger partial charge in [0.1, 0.15) is 5.75 Å². The van der Waals surface area contributed by atoms with Crippen LogP contribution in [0.3, 0.4) is 0 Å². The molecule has 0 aliphatic heterocycles. The number of carbonyl (C=O) groups is 1. The fourth-order valence-electron chi connectivity index (χ4n) is 2.77. The average molecular weight is 292 g/mol. The number of methoxy groups -OCH3 is 1. The Morgan fingerprint density at radius 3 is 2.55 bits per heavy atom. The van der Waals surface area contributed by atoms with Gasteiger partial charge >= 0.3 is 0 Å². The van der Waals surface area contributed by atoms with Crippen molar-refractivity contribution in [2.75, 3.05) is 12.4 Å². The van der Waals surface area contributed by atoms with Crippen molar-refractivity contribution in [3.8, 4) is 5.75 Å². The molecule has 4 nitrogen and oxygen atoms in total. The van der Waals surface area contributed by atoms with Gasteiger partial charge in [-0.3, -0.25) is 4.79 Å². The number of carbonyl (C=O) groups excluding carboxylic acids is 1. The summed E-state index contributed by atoms with van der Waals surface area (Å²) in [5.74, 6) is 0.708. The van der Waals surface area contributed by atoms with E-state index in [4.69, 9.17) is 22.7 Å². The molecule has 1 aromatic carbocycles. The summed E-state index contributed by atoms with van der Waals surface area (Å²) in [7, 11) is 1.63. The minimum Gasteiger partial charge on any atom is -0.496 e. The molecule has 1 saturated carbocycles. The zero-order valence-corrected chi connectivity index (χ0v) is 12.7. The monoisotopic (exact) mass is 292 g/mol. The first-order valence-electron chi connectivity index (χ1n) is 6.75. The highest BCUT2D eigenvalue weighted by molar-refractivity contribution is 7.80. The molecule has 1 aliphatic carbocycles. The maximum absolute atomic E-state index is 12.5. The summed E-state index contributed by atoms with van der Waals surface area (Å²) in [6, 6.07) is 5.55. The molecule has 1 fully saturated rings. The second-order valence-electron chi connectivity index (χ2n) is 5.29. The van der Waals surface area contributed by atoms with Crippen LogP contribution in [-0.4, -0.2) is 18.0 Å². The largest absolute Gasteiger partial charge is 0.496 e. The Kier molecular flexibility index (Phi) is 4.28. The average Bonchev–Trinajstić information content (AvgIpc) is 2.89. The van der Waals surface area contributed by atoms with Crippen LogP contribution in [-0.2, 0) is 4.79 Å². The molecule has 3 N–H and O–H groups in total. The first-order chi connectivity index (χ1) is 9.49. The number of nitrogens with two attached hydrogens (primary N) is 1. The van der Waals surface area contributed by atoms with Gasteiger partial charge in [0, 0.05) is 5.69 Å². The Morgan fingerprint density at radius 2 is 2.05 bits per heavy atom. The number of amides is 1. The van der Waals surface area contributed by atoms with Gasteiger partial charge in [-0.1, -0.05) is 25.1 Å². The molecule has 0 unspecified atom stereocenters. The zero-order chi connectivity index (χ0) is 14.8. The molecule has 0 aromatic heterocycles. The summed E-state index contributed by atoms with van der Waals surface area (Å²) in [4.78, 5) is 12.8. The second kappa shape index (κ2) is 5.79. The van der Waals surface area contributed by atoms with Crippen molar-refractivity contribution in [2.45, 2.75) is 32.6 Å². The molecule has 1 aromatic rings. The van der Waals surface area contributed by atoms with Gasteiger partial charge in [-0.25, -0.2) is 0 Å². The zero-order valence-electron chi connectivity index (χ0n) is 11.9. The summed E-state index contributed by atoms with van der Waals surface area (Å²) >= 11 is 5.12. The van der Waals surface area contributed by atoms with Crippen molar-refractivity contribution < 1.29 is 9.53 Å². The molecule has 5 heteroatoms. The van der Waals surface area contributed by atoms with E-state index in [1.807, 2.05) is 25.1 Å². The Labute approximate surface area is 124 Å². The van der Waals surface area contributed by atoms with Crippen LogP contribution < -0.4 is 15.8 Å². The van der Waals surface area contributed by atoms with Gasteiger partial charge in [0.25, 0.3) is 0 Å². The molecular weight excluding hydrogens is 272 g/mol. The van der Waals surface area contributed by atoms with Crippen LogP contribution in [0.15, 0.2) is 18.2 Å². The summed E-state index contributed by atoms with van der Waals surface area (Å²) in [5, 5.41) is 2.94. The number of hydrogen-bond donors (Lipinski definition) is 2. The molecule has 0 bridgehead atoms. The Morgan fingerprint density at radius 1 is 1.40 bits per heavy atom. The highest BCUT2D eigenvalue weighted by Crippen LogP contribution is 2.39.